The van der Waals surface area contributed by atoms with Crippen molar-refractivity contribution in [2.75, 3.05) is 19.7 Å². The first-order chi connectivity index (χ1) is 52.2. The van der Waals surface area contributed by atoms with Gasteiger partial charge in [-0.3, -0.25) is 105 Å². The summed E-state index contributed by atoms with van der Waals surface area (Å²) in [7, 11) is 0. The van der Waals surface area contributed by atoms with E-state index in [2.05, 4.69) is 63.8 Å². The molecule has 0 aromatic heterocycles. The highest BCUT2D eigenvalue weighted by Gasteiger charge is 2.43. The van der Waals surface area contributed by atoms with Gasteiger partial charge in [-0.1, -0.05) is 44.2 Å². The molecule has 2 rings (SSSR count). The lowest BCUT2D eigenvalue weighted by molar-refractivity contribution is -0.144. The van der Waals surface area contributed by atoms with Gasteiger partial charge < -0.3 is 129 Å². The van der Waals surface area contributed by atoms with Crippen LogP contribution in [0.2, 0.25) is 0 Å². The normalized spacial score (nSPS) is 15.6. The molecule has 30 N–H and O–H groups in total. The Bertz CT molecular complexity index is 3670. The molecule has 1 aromatic rings. The van der Waals surface area contributed by atoms with E-state index in [4.69, 9.17) is 40.1 Å². The van der Waals surface area contributed by atoms with Gasteiger partial charge in [-0.25, -0.2) is 0 Å². The molecule has 620 valence electrons. The third-order valence-corrected chi connectivity index (χ3v) is 16.6. The van der Waals surface area contributed by atoms with Crippen molar-refractivity contribution in [1.82, 2.24) is 74.0 Å². The Morgan fingerprint density at radius 2 is 0.911 bits per heavy atom. The Kier molecular flexibility index (Phi) is 39.3. The number of aliphatic hydroxyl groups excluding tert-OH is 1. The van der Waals surface area contributed by atoms with Crippen LogP contribution in [0.1, 0.15) is 131 Å². The second kappa shape index (κ2) is 46.1. The van der Waals surface area contributed by atoms with Crippen molar-refractivity contribution in [2.24, 2.45) is 46.1 Å². The molecule has 0 saturated carbocycles. The molecule has 46 nitrogen and oxygen atoms in total. The number of primary amides is 6. The Labute approximate surface area is 640 Å². The first kappa shape index (κ1) is 95.6. The van der Waals surface area contributed by atoms with Gasteiger partial charge in [0.05, 0.1) is 44.9 Å². The van der Waals surface area contributed by atoms with Gasteiger partial charge in [0.15, 0.2) is 0 Å². The van der Waals surface area contributed by atoms with E-state index in [1.165, 1.54) is 20.8 Å². The first-order valence-corrected chi connectivity index (χ1v) is 35.0. The zero-order valence-corrected chi connectivity index (χ0v) is 62.3. The fourth-order valence-electron chi connectivity index (χ4n) is 10.6. The number of carbonyl (C=O) groups excluding carboxylic acids is 20. The molecular weight excluding hydrogens is 1490 g/mol. The first-order valence-electron chi connectivity index (χ1n) is 35.0. The van der Waals surface area contributed by atoms with E-state index in [9.17, 15) is 121 Å². The van der Waals surface area contributed by atoms with E-state index in [1.54, 1.807) is 44.2 Å². The molecule has 1 aliphatic rings. The molecule has 0 bridgehead atoms. The lowest BCUT2D eigenvalue weighted by atomic mass is 10.0. The van der Waals surface area contributed by atoms with Crippen LogP contribution in [-0.4, -0.2) is 254 Å². The third kappa shape index (κ3) is 34.4. The molecule has 46 heteroatoms. The van der Waals surface area contributed by atoms with Crippen molar-refractivity contribution in [3.63, 3.8) is 0 Å². The molecule has 0 spiro atoms. The quantitative estimate of drug-likeness (QED) is 0.0288. The fourth-order valence-corrected chi connectivity index (χ4v) is 10.6. The molecule has 1 fully saturated rings. The number of carboxylic acid groups (broad SMARTS) is 2. The van der Waals surface area contributed by atoms with Gasteiger partial charge in [-0.2, -0.15) is 0 Å². The van der Waals surface area contributed by atoms with E-state index in [0.717, 1.165) is 11.8 Å². The smallest absolute Gasteiger partial charge is 0.305 e. The number of likely N-dealkylation sites (tertiary alicyclic amines) is 1. The fraction of sp³-hybridized carbons (Fsp3) is 0.576. The molecule has 112 heavy (non-hydrogen) atoms. The number of nitrogens with two attached hydrogens (primary N) is 7. The summed E-state index contributed by atoms with van der Waals surface area (Å²) in [6, 6.07) is -13.6. The van der Waals surface area contributed by atoms with E-state index in [-0.39, 0.29) is 51.5 Å². The largest absolute Gasteiger partial charge is 0.481 e. The van der Waals surface area contributed by atoms with E-state index >= 15 is 0 Å². The number of carbonyl (C=O) groups is 22. The topological polar surface area (TPSA) is 778 Å². The van der Waals surface area contributed by atoms with E-state index in [0.29, 0.717) is 5.56 Å². The van der Waals surface area contributed by atoms with Crippen LogP contribution in [0.4, 0.5) is 0 Å². The van der Waals surface area contributed by atoms with Crippen LogP contribution in [0.5, 0.6) is 0 Å². The summed E-state index contributed by atoms with van der Waals surface area (Å²) in [5.41, 5.74) is 36.3. The van der Waals surface area contributed by atoms with Crippen LogP contribution in [0.3, 0.4) is 0 Å². The predicted molar refractivity (Wildman–Crippen MR) is 384 cm³/mol. The molecule has 0 unspecified atom stereocenters. The van der Waals surface area contributed by atoms with Gasteiger partial charge in [-0.05, 0) is 77.7 Å². The summed E-state index contributed by atoms with van der Waals surface area (Å²) in [6.45, 7) is 5.52. The van der Waals surface area contributed by atoms with Crippen molar-refractivity contribution in [3.8, 4) is 0 Å². The Hall–Kier alpha value is -12.5. The maximum atomic E-state index is 14.3. The Morgan fingerprint density at radius 3 is 1.43 bits per heavy atom. The van der Waals surface area contributed by atoms with Crippen molar-refractivity contribution in [3.05, 3.63) is 35.9 Å². The molecule has 1 aliphatic heterocycles. The Morgan fingerprint density at radius 1 is 0.464 bits per heavy atom. The van der Waals surface area contributed by atoms with Crippen LogP contribution >= 0.6 is 0 Å². The summed E-state index contributed by atoms with van der Waals surface area (Å²) in [5, 5.41) is 57.7. The van der Waals surface area contributed by atoms with Gasteiger partial charge in [0.1, 0.15) is 78.0 Å². The number of hydrogen-bond donors (Lipinski definition) is 23. The number of nitrogens with zero attached hydrogens (tertiary/aromatic N) is 1. The number of amides is 20. The van der Waals surface area contributed by atoms with Crippen LogP contribution in [0.25, 0.3) is 0 Å². The van der Waals surface area contributed by atoms with Crippen LogP contribution < -0.4 is 109 Å². The highest BCUT2D eigenvalue weighted by atomic mass is 16.4. The minimum atomic E-state index is -2.03. The van der Waals surface area contributed by atoms with Crippen molar-refractivity contribution < 1.29 is 121 Å². The summed E-state index contributed by atoms with van der Waals surface area (Å²) < 4.78 is 0. The van der Waals surface area contributed by atoms with E-state index < -0.39 is 278 Å². The highest BCUT2D eigenvalue weighted by Crippen LogP contribution is 2.21. The second-order valence-electron chi connectivity index (χ2n) is 27.1. The average Bonchev–Trinajstić information content (AvgIpc) is 1.45. The number of carboxylic acids is 2. The van der Waals surface area contributed by atoms with Crippen LogP contribution in [-0.2, 0) is 112 Å². The summed E-state index contributed by atoms with van der Waals surface area (Å²) in [4.78, 5) is 287. The Balaban J connectivity index is 2.26. The molecule has 0 aliphatic carbocycles. The van der Waals surface area contributed by atoms with Gasteiger partial charge in [0, 0.05) is 32.2 Å². The molecule has 1 saturated heterocycles. The molecule has 1 aromatic carbocycles. The monoisotopic (exact) mass is 1590 g/mol. The van der Waals surface area contributed by atoms with Crippen molar-refractivity contribution in [2.45, 2.75) is 216 Å². The van der Waals surface area contributed by atoms with Crippen molar-refractivity contribution >= 4 is 130 Å². The van der Waals surface area contributed by atoms with Gasteiger partial charge in [-0.15, -0.1) is 0 Å². The van der Waals surface area contributed by atoms with Gasteiger partial charge >= 0.3 is 11.9 Å². The van der Waals surface area contributed by atoms with Gasteiger partial charge in [0.2, 0.25) is 118 Å². The third-order valence-electron chi connectivity index (χ3n) is 16.6. The number of hydrogen-bond acceptors (Lipinski definition) is 24. The number of rotatable bonds is 50. The molecular formula is C66H101N21O25. The zero-order valence-electron chi connectivity index (χ0n) is 62.3. The molecule has 13 atom stereocenters. The molecule has 1 heterocycles. The summed E-state index contributed by atoms with van der Waals surface area (Å²) >= 11 is 0. The van der Waals surface area contributed by atoms with Crippen molar-refractivity contribution in [1.29, 1.82) is 0 Å². The lowest BCUT2D eigenvalue weighted by Gasteiger charge is -2.32. The summed E-state index contributed by atoms with van der Waals surface area (Å²) in [5.74, 6) is -25.8. The van der Waals surface area contributed by atoms with Crippen LogP contribution in [0.15, 0.2) is 30.3 Å². The number of aliphatic carboxylic acids is 2. The molecule has 20 amide bonds. The minimum absolute atomic E-state index is 0.0944. The summed E-state index contributed by atoms with van der Waals surface area (Å²) in [6.07, 6.45) is -7.06. The highest BCUT2D eigenvalue weighted by molar-refractivity contribution is 6.03. The number of nitrogens with one attached hydrogen (secondary N) is 13. The zero-order chi connectivity index (χ0) is 85.2. The SMILES string of the molecule is CC(C)C[C@H](NC(=O)[C@H](C)NC(=O)[C@H](CC(N)=O)NC(=O)CNC(=O)[C@H](CC(N)=O)NC(=O)[C@@H]1CCCN1C(=O)[C@H](CC(N)=O)NC(=O)C(C)(C)NC(=O)[C@H](C)NC(=O)[C@H](Cc1ccccc1)NC(=O)[C@H](CCC(N)=O)NC(=O)[C@@H](N)CCC(N)=O)C(=O)N[C@@H](CC(=O)O)C(=O)N[C@@H](CCC(=O)O)C(=O)N[C@@H](CO)C(N)=O. The molecule has 0 radical (unpaired) electrons. The average molecular weight is 1590 g/mol. The lowest BCUT2D eigenvalue weighted by Crippen LogP contribution is -2.63. The maximum absolute atomic E-state index is 14.3. The van der Waals surface area contributed by atoms with Crippen LogP contribution in [0, 0.1) is 5.92 Å². The van der Waals surface area contributed by atoms with E-state index in [1.807, 2.05) is 5.32 Å². The minimum Gasteiger partial charge on any atom is -0.481 e. The predicted octanol–water partition coefficient (Wildman–Crippen LogP) is -12.0. The number of aliphatic hydroxyl groups is 1. The van der Waals surface area contributed by atoms with Gasteiger partial charge in [0.25, 0.3) is 0 Å². The maximum Gasteiger partial charge on any atom is 0.305 e. The number of benzene rings is 1. The standard InChI is InChI=1S/C66H101N21O25/c1-29(2)21-36(61(108)82-40(26-51(97)98)62(109)79-35(16-19-50(95)96)58(105)84-42(28-88)52(73)99)80-53(100)30(3)75-60(107)39(24-47(71)92)77-49(94)27-74-56(103)38(23-46(70)91)83-63(110)43-13-10-20-87(43)64(111)41(25-48(72)93)85-65(112)66(5,6)86-54(101)31(4)76-59(106)37(22-32-11-8-7-9-12-32)81-57(104)34(15-18-45(69)90)78-55(102)33(67)14-17-44(68)89/h7-9,11-12,29-31,33-43,88H,10,13-28,67H2,1-6H3,(H2,68,89)(H2,69,90)(H2,70,91)(H2,71,92)(H2,72,93)(H2,73,99)(H,74,103)(H,75,107)(H,76,106)(H,77,94)(H,78,102)(H,79,109)(H,80,100)(H,81,104)(H,82,108)(H,83,110)(H,84,105)(H,85,112)(H,86,101)(H,95,96)(H,97,98)/t30-,31-,33-,34-,35-,36-,37-,38-,39-,40-,41-,42-,43-/m0/s1. The second-order valence-corrected chi connectivity index (χ2v) is 27.1.